The lowest BCUT2D eigenvalue weighted by atomic mass is 10.1. The minimum atomic E-state index is 0.441. The highest BCUT2D eigenvalue weighted by Gasteiger charge is 2.08. The molecule has 0 aliphatic carbocycles. The summed E-state index contributed by atoms with van der Waals surface area (Å²) in [5.41, 5.74) is 2.06. The molecule has 0 aromatic carbocycles. The summed E-state index contributed by atoms with van der Waals surface area (Å²) in [5, 5.41) is 3.99. The van der Waals surface area contributed by atoms with E-state index in [4.69, 9.17) is 0 Å². The van der Waals surface area contributed by atoms with Gasteiger partial charge >= 0.3 is 0 Å². The lowest BCUT2D eigenvalue weighted by molar-refractivity contribution is 0.836. The maximum Gasteiger partial charge on any atom is 0.109 e. The Morgan fingerprint density at radius 3 is 3.00 bits per heavy atom. The summed E-state index contributed by atoms with van der Waals surface area (Å²) in [7, 11) is 0. The van der Waals surface area contributed by atoms with Crippen LogP contribution in [-0.2, 0) is 0 Å². The highest BCUT2D eigenvalue weighted by atomic mass is 32.1. The summed E-state index contributed by atoms with van der Waals surface area (Å²) in [5.74, 6) is 0.441. The van der Waals surface area contributed by atoms with Crippen LogP contribution in [0.4, 0.5) is 0 Å². The van der Waals surface area contributed by atoms with Crippen molar-refractivity contribution in [1.82, 2.24) is 14.6 Å². The minimum absolute atomic E-state index is 0.441. The van der Waals surface area contributed by atoms with Gasteiger partial charge in [0.25, 0.3) is 0 Å². The van der Waals surface area contributed by atoms with Crippen molar-refractivity contribution < 1.29 is 0 Å². The zero-order valence-corrected chi connectivity index (χ0v) is 7.80. The fraction of sp³-hybridized carbons (Fsp3) is 0.375. The number of hydrogen-bond donors (Lipinski definition) is 0. The van der Waals surface area contributed by atoms with Gasteiger partial charge in [-0.15, -0.1) is 5.10 Å². The second kappa shape index (κ2) is 2.79. The van der Waals surface area contributed by atoms with Crippen molar-refractivity contribution in [2.45, 2.75) is 19.8 Å². The first-order chi connectivity index (χ1) is 5.79. The molecule has 0 unspecified atom stereocenters. The molecule has 0 aliphatic heterocycles. The molecule has 0 spiro atoms. The van der Waals surface area contributed by atoms with Crippen molar-refractivity contribution in [1.29, 1.82) is 0 Å². The molecular formula is C8H9N3S. The van der Waals surface area contributed by atoms with Gasteiger partial charge in [0.1, 0.15) is 5.52 Å². The number of pyridine rings is 1. The average Bonchev–Trinajstić information content (AvgIpc) is 2.49. The number of aromatic nitrogens is 3. The van der Waals surface area contributed by atoms with E-state index in [1.54, 1.807) is 6.20 Å². The van der Waals surface area contributed by atoms with Crippen LogP contribution in [0, 0.1) is 0 Å². The molecule has 2 aromatic heterocycles. The second-order valence-electron chi connectivity index (χ2n) is 2.97. The van der Waals surface area contributed by atoms with Gasteiger partial charge < -0.3 is 0 Å². The molecule has 3 nitrogen and oxygen atoms in total. The lowest BCUT2D eigenvalue weighted by Gasteiger charge is -2.02. The summed E-state index contributed by atoms with van der Waals surface area (Å²) in [6.07, 6.45) is 1.79. The van der Waals surface area contributed by atoms with Gasteiger partial charge in [-0.05, 0) is 23.5 Å². The van der Waals surface area contributed by atoms with Gasteiger partial charge in [0, 0.05) is 6.20 Å². The molecule has 0 bridgehead atoms. The van der Waals surface area contributed by atoms with E-state index in [1.165, 1.54) is 11.5 Å². The van der Waals surface area contributed by atoms with Gasteiger partial charge in [-0.25, -0.2) is 0 Å². The fourth-order valence-electron chi connectivity index (χ4n) is 1.14. The Morgan fingerprint density at radius 1 is 1.42 bits per heavy atom. The summed E-state index contributed by atoms with van der Waals surface area (Å²) in [4.78, 5) is 4.31. The second-order valence-corrected chi connectivity index (χ2v) is 3.73. The molecule has 2 aromatic rings. The Kier molecular flexibility index (Phi) is 1.77. The molecule has 62 valence electrons. The first-order valence-corrected chi connectivity index (χ1v) is 4.63. The largest absolute Gasteiger partial charge is 0.259 e. The molecule has 2 heterocycles. The van der Waals surface area contributed by atoms with E-state index >= 15 is 0 Å². The predicted octanol–water partition coefficient (Wildman–Crippen LogP) is 2.21. The maximum atomic E-state index is 4.31. The third-order valence-corrected chi connectivity index (χ3v) is 2.50. The van der Waals surface area contributed by atoms with Crippen molar-refractivity contribution in [2.75, 3.05) is 0 Å². The van der Waals surface area contributed by atoms with E-state index in [2.05, 4.69) is 28.4 Å². The summed E-state index contributed by atoms with van der Waals surface area (Å²) in [6.45, 7) is 4.25. The maximum absolute atomic E-state index is 4.31. The van der Waals surface area contributed by atoms with Crippen molar-refractivity contribution >= 4 is 21.7 Å². The molecule has 0 saturated carbocycles. The summed E-state index contributed by atoms with van der Waals surface area (Å²) < 4.78 is 5.01. The van der Waals surface area contributed by atoms with E-state index in [0.29, 0.717) is 5.92 Å². The standard InChI is InChI=1S/C8H9N3S/c1-5(2)7-8-6(3-4-9-7)10-11-12-8/h3-5H,1-2H3. The number of fused-ring (bicyclic) bond motifs is 1. The topological polar surface area (TPSA) is 38.7 Å². The highest BCUT2D eigenvalue weighted by Crippen LogP contribution is 2.23. The van der Waals surface area contributed by atoms with Gasteiger partial charge in [-0.1, -0.05) is 18.3 Å². The zero-order chi connectivity index (χ0) is 8.55. The van der Waals surface area contributed by atoms with Crippen LogP contribution in [0.5, 0.6) is 0 Å². The Morgan fingerprint density at radius 2 is 2.25 bits per heavy atom. The molecule has 12 heavy (non-hydrogen) atoms. The van der Waals surface area contributed by atoms with Crippen LogP contribution in [-0.4, -0.2) is 14.6 Å². The molecule has 0 amide bonds. The first-order valence-electron chi connectivity index (χ1n) is 3.86. The van der Waals surface area contributed by atoms with E-state index in [-0.39, 0.29) is 0 Å². The van der Waals surface area contributed by atoms with Crippen LogP contribution >= 0.6 is 11.5 Å². The Bertz CT molecular complexity index is 394. The van der Waals surface area contributed by atoms with Crippen LogP contribution in [0.1, 0.15) is 25.5 Å². The Hall–Kier alpha value is -1.03. The lowest BCUT2D eigenvalue weighted by Crippen LogP contribution is -1.91. The van der Waals surface area contributed by atoms with Crippen molar-refractivity contribution in [3.8, 4) is 0 Å². The fourth-order valence-corrected chi connectivity index (χ4v) is 1.94. The number of nitrogens with zero attached hydrogens (tertiary/aromatic N) is 3. The SMILES string of the molecule is CC(C)c1nccc2nnsc12. The van der Waals surface area contributed by atoms with Gasteiger partial charge in [-0.2, -0.15) is 0 Å². The van der Waals surface area contributed by atoms with E-state index in [0.717, 1.165) is 15.9 Å². The quantitative estimate of drug-likeness (QED) is 0.673. The molecule has 0 fully saturated rings. The van der Waals surface area contributed by atoms with Crippen LogP contribution in [0.2, 0.25) is 0 Å². The van der Waals surface area contributed by atoms with Crippen molar-refractivity contribution in [3.63, 3.8) is 0 Å². The molecule has 2 rings (SSSR count). The Labute approximate surface area is 74.6 Å². The molecule has 0 aliphatic rings. The summed E-state index contributed by atoms with van der Waals surface area (Å²) >= 11 is 1.42. The Balaban J connectivity index is 2.73. The van der Waals surface area contributed by atoms with Crippen molar-refractivity contribution in [2.24, 2.45) is 0 Å². The van der Waals surface area contributed by atoms with E-state index < -0.39 is 0 Å². The van der Waals surface area contributed by atoms with Crippen molar-refractivity contribution in [3.05, 3.63) is 18.0 Å². The highest BCUT2D eigenvalue weighted by molar-refractivity contribution is 7.13. The number of hydrogen-bond acceptors (Lipinski definition) is 4. The third-order valence-electron chi connectivity index (χ3n) is 1.74. The molecule has 4 heteroatoms. The van der Waals surface area contributed by atoms with Crippen LogP contribution < -0.4 is 0 Å². The molecular weight excluding hydrogens is 170 g/mol. The molecule has 0 radical (unpaired) electrons. The van der Waals surface area contributed by atoms with Gasteiger partial charge in [0.15, 0.2) is 0 Å². The van der Waals surface area contributed by atoms with Gasteiger partial charge in [0.05, 0.1) is 10.4 Å². The van der Waals surface area contributed by atoms with Crippen LogP contribution in [0.15, 0.2) is 12.3 Å². The van der Waals surface area contributed by atoms with Crippen LogP contribution in [0.25, 0.3) is 10.2 Å². The summed E-state index contributed by atoms with van der Waals surface area (Å²) in [6, 6.07) is 1.89. The first kappa shape index (κ1) is 7.61. The van der Waals surface area contributed by atoms with Gasteiger partial charge in [0.2, 0.25) is 0 Å². The average molecular weight is 179 g/mol. The monoisotopic (exact) mass is 179 g/mol. The molecule has 0 atom stereocenters. The minimum Gasteiger partial charge on any atom is -0.259 e. The van der Waals surface area contributed by atoms with E-state index in [1.807, 2.05) is 6.07 Å². The smallest absolute Gasteiger partial charge is 0.109 e. The van der Waals surface area contributed by atoms with Crippen LogP contribution in [0.3, 0.4) is 0 Å². The third kappa shape index (κ3) is 1.08. The van der Waals surface area contributed by atoms with Gasteiger partial charge in [-0.3, -0.25) is 4.98 Å². The zero-order valence-electron chi connectivity index (χ0n) is 6.98. The van der Waals surface area contributed by atoms with E-state index in [9.17, 15) is 0 Å². The molecule has 0 N–H and O–H groups in total. The number of rotatable bonds is 1. The molecule has 0 saturated heterocycles. The normalized spacial score (nSPS) is 11.2. The predicted molar refractivity (Wildman–Crippen MR) is 49.3 cm³/mol.